The Balaban J connectivity index is 1.68. The molecule has 2 aliphatic rings. The third-order valence-corrected chi connectivity index (χ3v) is 6.56. The van der Waals surface area contributed by atoms with Crippen molar-refractivity contribution in [2.75, 3.05) is 13.6 Å². The Bertz CT molecular complexity index is 1090. The van der Waals surface area contributed by atoms with Gasteiger partial charge >= 0.3 is 0 Å². The van der Waals surface area contributed by atoms with E-state index in [1.54, 1.807) is 6.92 Å². The molecule has 138 valence electrons. The standard InChI is InChI=1S/C24H26N2O/c1-16(27)18-9-10-22-21(15-18)24-20-7-3-5-17(20)8-11-23(24)26(22)14-12-19-6-4-13-25(19)2/h3,5,8-11,15,19H,4,6-7,12-14H2,1-2H3. The van der Waals surface area contributed by atoms with Gasteiger partial charge in [-0.25, -0.2) is 0 Å². The number of aromatic nitrogens is 1. The first-order valence-corrected chi connectivity index (χ1v) is 10.1. The predicted octanol–water partition coefficient (Wildman–Crippen LogP) is 5.05. The van der Waals surface area contributed by atoms with Crippen LogP contribution in [-0.4, -0.2) is 34.9 Å². The van der Waals surface area contributed by atoms with Crippen LogP contribution < -0.4 is 0 Å². The van der Waals surface area contributed by atoms with Crippen molar-refractivity contribution in [1.29, 1.82) is 0 Å². The number of ketones is 1. The number of Topliss-reactive ketones (excluding diaryl/α,β-unsaturated/α-hetero) is 1. The smallest absolute Gasteiger partial charge is 0.159 e. The zero-order valence-electron chi connectivity index (χ0n) is 16.2. The largest absolute Gasteiger partial charge is 0.340 e. The summed E-state index contributed by atoms with van der Waals surface area (Å²) in [4.78, 5) is 14.5. The SMILES string of the molecule is CC(=O)c1ccc2c(c1)c1c3c(ccc1n2CCC1CCCN1C)C=CC3. The second-order valence-electron chi connectivity index (χ2n) is 8.14. The van der Waals surface area contributed by atoms with Crippen molar-refractivity contribution in [2.24, 2.45) is 0 Å². The average molecular weight is 358 g/mol. The number of carbonyl (C=O) groups excluding carboxylic acids is 1. The number of allylic oxidation sites excluding steroid dienone is 1. The van der Waals surface area contributed by atoms with E-state index in [0.717, 1.165) is 18.5 Å². The van der Waals surface area contributed by atoms with Crippen LogP contribution in [0.15, 0.2) is 36.4 Å². The number of benzene rings is 2. The Hall–Kier alpha value is -2.39. The van der Waals surface area contributed by atoms with E-state index in [2.05, 4.69) is 52.9 Å². The monoisotopic (exact) mass is 358 g/mol. The molecule has 2 heterocycles. The van der Waals surface area contributed by atoms with Crippen molar-refractivity contribution < 1.29 is 4.79 Å². The second kappa shape index (κ2) is 6.35. The molecule has 0 bridgehead atoms. The lowest BCUT2D eigenvalue weighted by Crippen LogP contribution is -2.26. The molecule has 1 atom stereocenters. The number of aryl methyl sites for hydroxylation is 1. The van der Waals surface area contributed by atoms with Crippen molar-refractivity contribution in [3.63, 3.8) is 0 Å². The first-order chi connectivity index (χ1) is 13.1. The van der Waals surface area contributed by atoms with Gasteiger partial charge < -0.3 is 9.47 Å². The van der Waals surface area contributed by atoms with Gasteiger partial charge in [0.05, 0.1) is 0 Å². The molecule has 0 spiro atoms. The summed E-state index contributed by atoms with van der Waals surface area (Å²) in [5.74, 6) is 0.135. The summed E-state index contributed by atoms with van der Waals surface area (Å²) in [5, 5.41) is 2.58. The van der Waals surface area contributed by atoms with E-state index < -0.39 is 0 Å². The summed E-state index contributed by atoms with van der Waals surface area (Å²) in [6, 6.07) is 11.5. The molecule has 1 aromatic heterocycles. The van der Waals surface area contributed by atoms with Crippen molar-refractivity contribution in [2.45, 2.75) is 45.2 Å². The van der Waals surface area contributed by atoms with Crippen LogP contribution in [0.2, 0.25) is 0 Å². The van der Waals surface area contributed by atoms with E-state index in [1.165, 1.54) is 58.7 Å². The molecule has 1 aliphatic carbocycles. The van der Waals surface area contributed by atoms with Gasteiger partial charge in [0.15, 0.2) is 5.78 Å². The van der Waals surface area contributed by atoms with Crippen LogP contribution in [-0.2, 0) is 13.0 Å². The van der Waals surface area contributed by atoms with Crippen LogP contribution in [0.4, 0.5) is 0 Å². The third kappa shape index (κ3) is 2.64. The molecule has 1 saturated heterocycles. The van der Waals surface area contributed by atoms with Gasteiger partial charge in [0, 0.05) is 40.0 Å². The van der Waals surface area contributed by atoms with E-state index >= 15 is 0 Å². The van der Waals surface area contributed by atoms with E-state index in [4.69, 9.17) is 0 Å². The van der Waals surface area contributed by atoms with Crippen molar-refractivity contribution >= 4 is 33.7 Å². The Kier molecular flexibility index (Phi) is 3.94. The molecule has 3 nitrogen and oxygen atoms in total. The molecule has 1 aliphatic heterocycles. The number of hydrogen-bond acceptors (Lipinski definition) is 2. The van der Waals surface area contributed by atoms with Crippen LogP contribution >= 0.6 is 0 Å². The molecule has 3 heteroatoms. The van der Waals surface area contributed by atoms with Crippen molar-refractivity contribution in [1.82, 2.24) is 9.47 Å². The Morgan fingerprint density at radius 2 is 2.04 bits per heavy atom. The first-order valence-electron chi connectivity index (χ1n) is 10.1. The van der Waals surface area contributed by atoms with Gasteiger partial charge in [-0.15, -0.1) is 0 Å². The van der Waals surface area contributed by atoms with Crippen LogP contribution in [0.3, 0.4) is 0 Å². The highest BCUT2D eigenvalue weighted by Gasteiger charge is 2.22. The fourth-order valence-corrected chi connectivity index (χ4v) is 5.04. The molecule has 27 heavy (non-hydrogen) atoms. The average Bonchev–Trinajstić information content (AvgIpc) is 3.36. The number of likely N-dealkylation sites (tertiary alicyclic amines) is 1. The van der Waals surface area contributed by atoms with Crippen molar-refractivity contribution in [3.8, 4) is 0 Å². The minimum atomic E-state index is 0.135. The lowest BCUT2D eigenvalue weighted by atomic mass is 10.0. The second-order valence-corrected chi connectivity index (χ2v) is 8.14. The van der Waals surface area contributed by atoms with E-state index in [0.29, 0.717) is 6.04 Å². The predicted molar refractivity (Wildman–Crippen MR) is 112 cm³/mol. The molecule has 1 unspecified atom stereocenters. The highest BCUT2D eigenvalue weighted by Crippen LogP contribution is 2.37. The first kappa shape index (κ1) is 16.8. The van der Waals surface area contributed by atoms with Gasteiger partial charge in [-0.3, -0.25) is 4.79 Å². The topological polar surface area (TPSA) is 25.2 Å². The maximum Gasteiger partial charge on any atom is 0.159 e. The quantitative estimate of drug-likeness (QED) is 0.610. The Labute approximate surface area is 160 Å². The molecule has 1 fully saturated rings. The van der Waals surface area contributed by atoms with E-state index in [9.17, 15) is 4.79 Å². The molecule has 3 aromatic rings. The summed E-state index contributed by atoms with van der Waals surface area (Å²) in [7, 11) is 2.25. The summed E-state index contributed by atoms with van der Waals surface area (Å²) in [5.41, 5.74) is 6.12. The lowest BCUT2D eigenvalue weighted by molar-refractivity contribution is 0.101. The maximum atomic E-state index is 12.0. The fraction of sp³-hybridized carbons (Fsp3) is 0.375. The molecule has 0 radical (unpaired) electrons. The van der Waals surface area contributed by atoms with Gasteiger partial charge in [-0.1, -0.05) is 18.2 Å². The third-order valence-electron chi connectivity index (χ3n) is 6.56. The molecule has 2 aromatic carbocycles. The number of nitrogens with zero attached hydrogens (tertiary/aromatic N) is 2. The van der Waals surface area contributed by atoms with Gasteiger partial charge in [-0.2, -0.15) is 0 Å². The lowest BCUT2D eigenvalue weighted by Gasteiger charge is -2.20. The minimum Gasteiger partial charge on any atom is -0.340 e. The number of rotatable bonds is 4. The molecular formula is C24H26N2O. The van der Waals surface area contributed by atoms with Crippen LogP contribution in [0.1, 0.15) is 47.7 Å². The number of fused-ring (bicyclic) bond motifs is 5. The van der Waals surface area contributed by atoms with Crippen LogP contribution in [0.25, 0.3) is 27.9 Å². The summed E-state index contributed by atoms with van der Waals surface area (Å²) < 4.78 is 2.49. The van der Waals surface area contributed by atoms with E-state index in [-0.39, 0.29) is 5.78 Å². The van der Waals surface area contributed by atoms with Gasteiger partial charge in [0.2, 0.25) is 0 Å². The molecule has 5 rings (SSSR count). The van der Waals surface area contributed by atoms with Gasteiger partial charge in [-0.05, 0) is 81.6 Å². The molecule has 0 N–H and O–H groups in total. The van der Waals surface area contributed by atoms with Gasteiger partial charge in [0.1, 0.15) is 0 Å². The number of hydrogen-bond donors (Lipinski definition) is 0. The Morgan fingerprint density at radius 3 is 2.81 bits per heavy atom. The fourth-order valence-electron chi connectivity index (χ4n) is 5.04. The zero-order chi connectivity index (χ0) is 18.5. The highest BCUT2D eigenvalue weighted by molar-refractivity contribution is 6.13. The summed E-state index contributed by atoms with van der Waals surface area (Å²) >= 11 is 0. The minimum absolute atomic E-state index is 0.135. The highest BCUT2D eigenvalue weighted by atomic mass is 16.1. The molecular weight excluding hydrogens is 332 g/mol. The summed E-state index contributed by atoms with van der Waals surface area (Å²) in [6.45, 7) is 3.90. The zero-order valence-corrected chi connectivity index (χ0v) is 16.2. The van der Waals surface area contributed by atoms with Crippen LogP contribution in [0.5, 0.6) is 0 Å². The number of carbonyl (C=O) groups is 1. The van der Waals surface area contributed by atoms with E-state index in [1.807, 2.05) is 6.07 Å². The van der Waals surface area contributed by atoms with Gasteiger partial charge in [0.25, 0.3) is 0 Å². The molecule has 0 amide bonds. The molecule has 0 saturated carbocycles. The maximum absolute atomic E-state index is 12.0. The van der Waals surface area contributed by atoms with Crippen molar-refractivity contribution in [3.05, 3.63) is 53.1 Å². The van der Waals surface area contributed by atoms with Crippen LogP contribution in [0, 0.1) is 0 Å². The summed E-state index contributed by atoms with van der Waals surface area (Å²) in [6.07, 6.45) is 9.26. The Morgan fingerprint density at radius 1 is 1.19 bits per heavy atom. The normalized spacial score (nSPS) is 19.4.